The summed E-state index contributed by atoms with van der Waals surface area (Å²) in [5.41, 5.74) is 0.893. The van der Waals surface area contributed by atoms with Gasteiger partial charge in [-0.3, -0.25) is 0 Å². The number of nitrogens with one attached hydrogen (secondary N) is 1. The van der Waals surface area contributed by atoms with Crippen LogP contribution in [0.1, 0.15) is 26.2 Å². The number of thiocarbonyl (C=S) groups is 1. The molecule has 1 aromatic carbocycles. The molecule has 1 fully saturated rings. The molecular weight excluding hydrogens is 272 g/mol. The average molecular weight is 294 g/mol. The number of nitrogens with zero attached hydrogens (tertiary/aromatic N) is 1. The Bertz CT molecular complexity index is 457. The molecule has 1 N–H and O–H groups in total. The third-order valence-electron chi connectivity index (χ3n) is 3.67. The lowest BCUT2D eigenvalue weighted by Gasteiger charge is -2.35. The highest BCUT2D eigenvalue weighted by atomic mass is 32.1. The van der Waals surface area contributed by atoms with Crippen LogP contribution in [0.3, 0.4) is 0 Å². The van der Waals surface area contributed by atoms with Gasteiger partial charge in [0.2, 0.25) is 0 Å². The Hall–Kier alpha value is -1.49. The number of piperidine rings is 1. The van der Waals surface area contributed by atoms with Crippen LogP contribution in [0.4, 0.5) is 5.69 Å². The Morgan fingerprint density at radius 3 is 2.40 bits per heavy atom. The van der Waals surface area contributed by atoms with Crippen LogP contribution < -0.4 is 14.8 Å². The maximum absolute atomic E-state index is 5.53. The van der Waals surface area contributed by atoms with Gasteiger partial charge in [0.25, 0.3) is 0 Å². The minimum absolute atomic E-state index is 0.497. The Labute approximate surface area is 126 Å². The van der Waals surface area contributed by atoms with Gasteiger partial charge < -0.3 is 19.7 Å². The van der Waals surface area contributed by atoms with Crippen molar-refractivity contribution in [3.05, 3.63) is 18.2 Å². The molecule has 1 unspecified atom stereocenters. The van der Waals surface area contributed by atoms with E-state index in [1.54, 1.807) is 14.2 Å². The third-order valence-corrected chi connectivity index (χ3v) is 4.00. The van der Waals surface area contributed by atoms with Crippen molar-refractivity contribution in [3.63, 3.8) is 0 Å². The van der Waals surface area contributed by atoms with Crippen LogP contribution >= 0.6 is 12.2 Å². The summed E-state index contributed by atoms with van der Waals surface area (Å²) >= 11 is 5.53. The molecule has 0 amide bonds. The molecule has 4 nitrogen and oxygen atoms in total. The fourth-order valence-corrected chi connectivity index (χ4v) is 2.86. The molecule has 2 rings (SSSR count). The van der Waals surface area contributed by atoms with Crippen molar-refractivity contribution >= 4 is 23.0 Å². The van der Waals surface area contributed by atoms with Crippen LogP contribution in [-0.2, 0) is 0 Å². The van der Waals surface area contributed by atoms with Gasteiger partial charge in [-0.05, 0) is 38.4 Å². The lowest BCUT2D eigenvalue weighted by molar-refractivity contribution is 0.262. The van der Waals surface area contributed by atoms with E-state index in [9.17, 15) is 0 Å². The van der Waals surface area contributed by atoms with Gasteiger partial charge in [-0.2, -0.15) is 0 Å². The van der Waals surface area contributed by atoms with Gasteiger partial charge in [0.1, 0.15) is 11.5 Å². The number of rotatable bonds is 3. The lowest BCUT2D eigenvalue weighted by Crippen LogP contribution is -2.44. The Kier molecular flexibility index (Phi) is 5.06. The second kappa shape index (κ2) is 6.79. The van der Waals surface area contributed by atoms with Gasteiger partial charge in [0.05, 0.1) is 14.2 Å². The summed E-state index contributed by atoms with van der Waals surface area (Å²) in [6.45, 7) is 3.24. The largest absolute Gasteiger partial charge is 0.497 e. The zero-order valence-corrected chi connectivity index (χ0v) is 13.1. The van der Waals surface area contributed by atoms with Crippen LogP contribution in [0.2, 0.25) is 0 Å². The third kappa shape index (κ3) is 3.54. The van der Waals surface area contributed by atoms with Crippen molar-refractivity contribution in [1.29, 1.82) is 0 Å². The number of methoxy groups -OCH3 is 2. The van der Waals surface area contributed by atoms with Gasteiger partial charge in [-0.25, -0.2) is 0 Å². The van der Waals surface area contributed by atoms with Gasteiger partial charge in [-0.15, -0.1) is 0 Å². The van der Waals surface area contributed by atoms with Crippen LogP contribution in [0.15, 0.2) is 18.2 Å². The second-order valence-corrected chi connectivity index (χ2v) is 5.46. The first-order valence-corrected chi connectivity index (χ1v) is 7.35. The number of anilines is 1. The first kappa shape index (κ1) is 14.9. The quantitative estimate of drug-likeness (QED) is 0.865. The van der Waals surface area contributed by atoms with Crippen molar-refractivity contribution in [2.75, 3.05) is 26.1 Å². The first-order valence-electron chi connectivity index (χ1n) is 6.94. The van der Waals surface area contributed by atoms with E-state index in [4.69, 9.17) is 21.7 Å². The van der Waals surface area contributed by atoms with Gasteiger partial charge >= 0.3 is 0 Å². The molecule has 110 valence electrons. The van der Waals surface area contributed by atoms with Crippen molar-refractivity contribution < 1.29 is 9.47 Å². The van der Waals surface area contributed by atoms with E-state index in [-0.39, 0.29) is 0 Å². The SMILES string of the molecule is COc1cc(NC(=S)N2CCCCC2C)cc(OC)c1. The predicted octanol–water partition coefficient (Wildman–Crippen LogP) is 3.28. The van der Waals surface area contributed by atoms with Crippen LogP contribution in [-0.4, -0.2) is 36.8 Å². The fraction of sp³-hybridized carbons (Fsp3) is 0.533. The Morgan fingerprint density at radius 2 is 1.85 bits per heavy atom. The highest BCUT2D eigenvalue weighted by molar-refractivity contribution is 7.80. The number of likely N-dealkylation sites (tertiary alicyclic amines) is 1. The first-order chi connectivity index (χ1) is 9.63. The molecule has 1 aliphatic rings. The monoisotopic (exact) mass is 294 g/mol. The molecule has 0 aromatic heterocycles. The Morgan fingerprint density at radius 1 is 1.20 bits per heavy atom. The van der Waals surface area contributed by atoms with E-state index in [0.29, 0.717) is 6.04 Å². The molecule has 1 heterocycles. The molecule has 0 spiro atoms. The topological polar surface area (TPSA) is 33.7 Å². The smallest absolute Gasteiger partial charge is 0.173 e. The van der Waals surface area contributed by atoms with Gasteiger partial charge in [0.15, 0.2) is 5.11 Å². The summed E-state index contributed by atoms with van der Waals surface area (Å²) in [5, 5.41) is 4.06. The van der Waals surface area contributed by atoms with E-state index in [2.05, 4.69) is 17.1 Å². The van der Waals surface area contributed by atoms with Gasteiger partial charge in [-0.1, -0.05) is 0 Å². The number of hydrogen-bond acceptors (Lipinski definition) is 3. The Balaban J connectivity index is 2.10. The summed E-state index contributed by atoms with van der Waals surface area (Å²) in [7, 11) is 3.28. The van der Waals surface area contributed by atoms with E-state index >= 15 is 0 Å². The predicted molar refractivity (Wildman–Crippen MR) is 85.8 cm³/mol. The van der Waals surface area contributed by atoms with Crippen molar-refractivity contribution in [1.82, 2.24) is 4.90 Å². The average Bonchev–Trinajstić information content (AvgIpc) is 2.47. The molecule has 5 heteroatoms. The number of hydrogen-bond donors (Lipinski definition) is 1. The summed E-state index contributed by atoms with van der Waals surface area (Å²) in [5.74, 6) is 1.50. The van der Waals surface area contributed by atoms with Crippen molar-refractivity contribution in [2.45, 2.75) is 32.2 Å². The zero-order valence-electron chi connectivity index (χ0n) is 12.3. The van der Waals surface area contributed by atoms with Crippen LogP contribution in [0.5, 0.6) is 11.5 Å². The molecule has 0 radical (unpaired) electrons. The molecule has 0 aliphatic carbocycles. The van der Waals surface area contributed by atoms with Crippen LogP contribution in [0.25, 0.3) is 0 Å². The molecule has 1 saturated heterocycles. The molecule has 1 aromatic rings. The second-order valence-electron chi connectivity index (χ2n) is 5.07. The summed E-state index contributed by atoms with van der Waals surface area (Å²) in [6, 6.07) is 6.18. The van der Waals surface area contributed by atoms with Crippen molar-refractivity contribution in [2.24, 2.45) is 0 Å². The molecule has 20 heavy (non-hydrogen) atoms. The molecular formula is C15H22N2O2S. The minimum atomic E-state index is 0.497. The zero-order chi connectivity index (χ0) is 14.5. The lowest BCUT2D eigenvalue weighted by atomic mass is 10.0. The summed E-state index contributed by atoms with van der Waals surface area (Å²) < 4.78 is 10.5. The molecule has 0 saturated carbocycles. The van der Waals surface area contributed by atoms with E-state index in [1.165, 1.54) is 19.3 Å². The van der Waals surface area contributed by atoms with Crippen molar-refractivity contribution in [3.8, 4) is 11.5 Å². The maximum Gasteiger partial charge on any atom is 0.173 e. The van der Waals surface area contributed by atoms with E-state index in [1.807, 2.05) is 18.2 Å². The standard InChI is InChI=1S/C15H22N2O2S/c1-11-6-4-5-7-17(11)15(20)16-12-8-13(18-2)10-14(9-12)19-3/h8-11H,4-7H2,1-3H3,(H,16,20). The summed E-state index contributed by atoms with van der Waals surface area (Å²) in [4.78, 5) is 2.25. The van der Waals surface area contributed by atoms with Crippen LogP contribution in [0, 0.1) is 0 Å². The highest BCUT2D eigenvalue weighted by Crippen LogP contribution is 2.26. The highest BCUT2D eigenvalue weighted by Gasteiger charge is 2.20. The minimum Gasteiger partial charge on any atom is -0.497 e. The molecule has 1 aliphatic heterocycles. The van der Waals surface area contributed by atoms with Gasteiger partial charge in [0, 0.05) is 36.5 Å². The van der Waals surface area contributed by atoms with E-state index in [0.717, 1.165) is 28.8 Å². The molecule has 0 bridgehead atoms. The number of benzene rings is 1. The fourth-order valence-electron chi connectivity index (χ4n) is 2.47. The number of ether oxygens (including phenoxy) is 2. The maximum atomic E-state index is 5.53. The normalized spacial score (nSPS) is 18.6. The van der Waals surface area contributed by atoms with E-state index < -0.39 is 0 Å². The summed E-state index contributed by atoms with van der Waals surface area (Å²) in [6.07, 6.45) is 3.68. The molecule has 1 atom stereocenters.